The van der Waals surface area contributed by atoms with Crippen LogP contribution in [-0.4, -0.2) is 22.2 Å². The minimum Gasteiger partial charge on any atom is -0.507 e. The molecule has 2 aromatic rings. The average molecular weight is 255 g/mol. The Balaban J connectivity index is 2.02. The van der Waals surface area contributed by atoms with Crippen LogP contribution >= 0.6 is 0 Å². The summed E-state index contributed by atoms with van der Waals surface area (Å²) in [5.41, 5.74) is 4.35. The average Bonchev–Trinajstić information content (AvgIpc) is 2.42. The summed E-state index contributed by atoms with van der Waals surface area (Å²) < 4.78 is 0. The fraction of sp³-hybridized carbons (Fsp3) is 0.0714. The van der Waals surface area contributed by atoms with E-state index in [1.807, 2.05) is 13.0 Å². The predicted molar refractivity (Wildman–Crippen MR) is 72.1 cm³/mol. The molecule has 5 nitrogen and oxygen atoms in total. The number of aryl methyl sites for hydroxylation is 1. The van der Waals surface area contributed by atoms with Crippen molar-refractivity contribution in [1.29, 1.82) is 0 Å². The van der Waals surface area contributed by atoms with Gasteiger partial charge >= 0.3 is 0 Å². The summed E-state index contributed by atoms with van der Waals surface area (Å²) in [6.45, 7) is 1.88. The van der Waals surface area contributed by atoms with Crippen molar-refractivity contribution in [2.45, 2.75) is 6.92 Å². The van der Waals surface area contributed by atoms with Crippen LogP contribution in [0.2, 0.25) is 0 Å². The lowest BCUT2D eigenvalue weighted by Crippen LogP contribution is -2.17. The smallest absolute Gasteiger partial charge is 0.271 e. The van der Waals surface area contributed by atoms with E-state index < -0.39 is 0 Å². The number of nitrogens with one attached hydrogen (secondary N) is 1. The summed E-state index contributed by atoms with van der Waals surface area (Å²) in [4.78, 5) is 15.5. The van der Waals surface area contributed by atoms with E-state index in [4.69, 9.17) is 0 Å². The van der Waals surface area contributed by atoms with Crippen LogP contribution in [-0.2, 0) is 0 Å². The topological polar surface area (TPSA) is 74.6 Å². The van der Waals surface area contributed by atoms with E-state index in [9.17, 15) is 9.90 Å². The quantitative estimate of drug-likeness (QED) is 0.649. The number of amides is 1. The lowest BCUT2D eigenvalue weighted by Gasteiger charge is -2.01. The molecule has 0 aliphatic rings. The van der Waals surface area contributed by atoms with Gasteiger partial charge in [-0.2, -0.15) is 5.10 Å². The monoisotopic (exact) mass is 255 g/mol. The van der Waals surface area contributed by atoms with E-state index in [-0.39, 0.29) is 11.7 Å². The molecule has 1 amide bonds. The molecule has 0 fully saturated rings. The number of phenols is 1. The van der Waals surface area contributed by atoms with Crippen molar-refractivity contribution in [3.05, 3.63) is 59.4 Å². The van der Waals surface area contributed by atoms with Gasteiger partial charge in [-0.3, -0.25) is 9.78 Å². The summed E-state index contributed by atoms with van der Waals surface area (Å²) in [5, 5.41) is 13.5. The van der Waals surface area contributed by atoms with Crippen molar-refractivity contribution in [3.8, 4) is 5.75 Å². The van der Waals surface area contributed by atoms with Gasteiger partial charge in [0.05, 0.1) is 6.21 Å². The molecule has 1 aromatic heterocycles. The maximum absolute atomic E-state index is 11.7. The molecule has 0 aliphatic carbocycles. The van der Waals surface area contributed by atoms with Crippen LogP contribution in [0.4, 0.5) is 0 Å². The Bertz CT molecular complexity index is 609. The number of hydrazone groups is 1. The van der Waals surface area contributed by atoms with Crippen LogP contribution in [0.15, 0.2) is 47.8 Å². The number of carbonyl (C=O) groups excluding carboxylic acids is 1. The third kappa shape index (κ3) is 3.38. The van der Waals surface area contributed by atoms with Crippen molar-refractivity contribution >= 4 is 12.1 Å². The van der Waals surface area contributed by atoms with Gasteiger partial charge < -0.3 is 5.11 Å². The van der Waals surface area contributed by atoms with E-state index in [2.05, 4.69) is 15.5 Å². The molecule has 2 rings (SSSR count). The maximum Gasteiger partial charge on any atom is 0.271 e. The summed E-state index contributed by atoms with van der Waals surface area (Å²) in [5.74, 6) is -0.202. The molecule has 5 heteroatoms. The van der Waals surface area contributed by atoms with Crippen molar-refractivity contribution in [2.24, 2.45) is 5.10 Å². The number of hydrogen-bond donors (Lipinski definition) is 2. The molecule has 19 heavy (non-hydrogen) atoms. The molecular formula is C14H13N3O2. The minimum atomic E-state index is -0.328. The van der Waals surface area contributed by atoms with E-state index >= 15 is 0 Å². The fourth-order valence-electron chi connectivity index (χ4n) is 1.49. The molecule has 0 aliphatic heterocycles. The molecule has 1 aromatic carbocycles. The lowest BCUT2D eigenvalue weighted by atomic mass is 10.1. The number of aromatic hydroxyl groups is 1. The third-order valence-electron chi connectivity index (χ3n) is 2.50. The van der Waals surface area contributed by atoms with Crippen molar-refractivity contribution in [3.63, 3.8) is 0 Å². The van der Waals surface area contributed by atoms with Crippen molar-refractivity contribution in [1.82, 2.24) is 10.4 Å². The van der Waals surface area contributed by atoms with Gasteiger partial charge in [0.2, 0.25) is 0 Å². The zero-order valence-corrected chi connectivity index (χ0v) is 10.4. The summed E-state index contributed by atoms with van der Waals surface area (Å²) in [6.07, 6.45) is 4.46. The molecule has 96 valence electrons. The number of carbonyl (C=O) groups is 1. The summed E-state index contributed by atoms with van der Waals surface area (Å²) in [6, 6.07) is 8.40. The number of benzene rings is 1. The molecule has 0 spiro atoms. The van der Waals surface area contributed by atoms with Gasteiger partial charge in [-0.1, -0.05) is 6.07 Å². The van der Waals surface area contributed by atoms with Crippen LogP contribution in [0.25, 0.3) is 0 Å². The Morgan fingerprint density at radius 3 is 2.74 bits per heavy atom. The summed E-state index contributed by atoms with van der Waals surface area (Å²) >= 11 is 0. The molecule has 0 atom stereocenters. The highest BCUT2D eigenvalue weighted by atomic mass is 16.3. The van der Waals surface area contributed by atoms with E-state index in [1.165, 1.54) is 18.6 Å². The second kappa shape index (κ2) is 5.77. The van der Waals surface area contributed by atoms with Gasteiger partial charge in [0.25, 0.3) is 5.91 Å². The number of hydrogen-bond acceptors (Lipinski definition) is 4. The number of rotatable bonds is 3. The Labute approximate surface area is 110 Å². The first-order chi connectivity index (χ1) is 9.16. The first kappa shape index (κ1) is 12.8. The highest BCUT2D eigenvalue weighted by molar-refractivity contribution is 5.94. The molecule has 0 bridgehead atoms. The van der Waals surface area contributed by atoms with Crippen molar-refractivity contribution < 1.29 is 9.90 Å². The Morgan fingerprint density at radius 2 is 2.05 bits per heavy atom. The second-order valence-electron chi connectivity index (χ2n) is 4.00. The number of aromatic nitrogens is 1. The highest BCUT2D eigenvalue weighted by Crippen LogP contribution is 2.15. The van der Waals surface area contributed by atoms with E-state index in [0.717, 1.165) is 5.56 Å². The highest BCUT2D eigenvalue weighted by Gasteiger charge is 2.02. The largest absolute Gasteiger partial charge is 0.507 e. The zero-order chi connectivity index (χ0) is 13.7. The molecule has 0 radical (unpaired) electrons. The lowest BCUT2D eigenvalue weighted by molar-refractivity contribution is 0.0955. The van der Waals surface area contributed by atoms with Crippen LogP contribution in [0, 0.1) is 6.92 Å². The second-order valence-corrected chi connectivity index (χ2v) is 4.00. The maximum atomic E-state index is 11.7. The van der Waals surface area contributed by atoms with Gasteiger partial charge in [-0.15, -0.1) is 0 Å². The normalized spacial score (nSPS) is 10.6. The Hall–Kier alpha value is -2.69. The van der Waals surface area contributed by atoms with Crippen LogP contribution in [0.5, 0.6) is 5.75 Å². The molecular weight excluding hydrogens is 242 g/mol. The van der Waals surface area contributed by atoms with Gasteiger partial charge in [0.1, 0.15) is 5.75 Å². The standard InChI is InChI=1S/C14H13N3O2/c1-10-2-3-12(13(18)8-10)9-16-17-14(19)11-4-6-15-7-5-11/h2-9,18H,1H3,(H,17,19). The fourth-order valence-corrected chi connectivity index (χ4v) is 1.49. The predicted octanol–water partition coefficient (Wildman–Crippen LogP) is 1.86. The van der Waals surface area contributed by atoms with Crippen LogP contribution in [0.3, 0.4) is 0 Å². The van der Waals surface area contributed by atoms with Gasteiger partial charge in [0.15, 0.2) is 0 Å². The first-order valence-electron chi connectivity index (χ1n) is 5.70. The third-order valence-corrected chi connectivity index (χ3v) is 2.50. The number of nitrogens with zero attached hydrogens (tertiary/aromatic N) is 2. The van der Waals surface area contributed by atoms with Crippen LogP contribution < -0.4 is 5.43 Å². The SMILES string of the molecule is Cc1ccc(C=NNC(=O)c2ccncc2)c(O)c1. The van der Waals surface area contributed by atoms with Gasteiger partial charge in [-0.25, -0.2) is 5.43 Å². The van der Waals surface area contributed by atoms with Gasteiger partial charge in [0, 0.05) is 23.5 Å². The summed E-state index contributed by atoms with van der Waals surface area (Å²) in [7, 11) is 0. The van der Waals surface area contributed by atoms with E-state index in [1.54, 1.807) is 24.3 Å². The number of pyridine rings is 1. The first-order valence-corrected chi connectivity index (χ1v) is 5.70. The molecule has 1 heterocycles. The minimum absolute atomic E-state index is 0.127. The van der Waals surface area contributed by atoms with E-state index in [0.29, 0.717) is 11.1 Å². The number of phenolic OH excluding ortho intramolecular Hbond substituents is 1. The van der Waals surface area contributed by atoms with Crippen molar-refractivity contribution in [2.75, 3.05) is 0 Å². The van der Waals surface area contributed by atoms with Crippen LogP contribution in [0.1, 0.15) is 21.5 Å². The zero-order valence-electron chi connectivity index (χ0n) is 10.4. The molecule has 2 N–H and O–H groups in total. The molecule has 0 unspecified atom stereocenters. The Kier molecular flexibility index (Phi) is 3.87. The Morgan fingerprint density at radius 1 is 1.32 bits per heavy atom. The molecule has 0 saturated carbocycles. The van der Waals surface area contributed by atoms with Gasteiger partial charge in [-0.05, 0) is 36.8 Å². The molecule has 0 saturated heterocycles.